The van der Waals surface area contributed by atoms with Gasteiger partial charge in [-0.2, -0.15) is 0 Å². The Morgan fingerprint density at radius 3 is 2.59 bits per heavy atom. The predicted octanol–water partition coefficient (Wildman–Crippen LogP) is 3.28. The van der Waals surface area contributed by atoms with Gasteiger partial charge in [-0.15, -0.1) is 0 Å². The van der Waals surface area contributed by atoms with Crippen molar-refractivity contribution >= 4 is 17.8 Å². The molecule has 0 aromatic heterocycles. The molecule has 1 saturated carbocycles. The lowest BCUT2D eigenvalue weighted by Crippen LogP contribution is -2.57. The number of halogens is 1. The average Bonchev–Trinajstić information content (AvgIpc) is 2.67. The van der Waals surface area contributed by atoms with E-state index in [-0.39, 0.29) is 23.9 Å². The average molecular weight is 384 g/mol. The molecular formula is C19H33FN4O3. The van der Waals surface area contributed by atoms with E-state index in [0.29, 0.717) is 38.4 Å². The number of carbonyl (C=O) groups is 1. The number of ether oxygens (including phenoxy) is 2. The Kier molecular flexibility index (Phi) is 7.44. The third-order valence-corrected chi connectivity index (χ3v) is 5.76. The predicted molar refractivity (Wildman–Crippen MR) is 102 cm³/mol. The first-order valence-corrected chi connectivity index (χ1v) is 9.85. The summed E-state index contributed by atoms with van der Waals surface area (Å²) in [7, 11) is 1.37. The molecule has 0 bridgehead atoms. The highest BCUT2D eigenvalue weighted by molar-refractivity contribution is 6.00. The van der Waals surface area contributed by atoms with Crippen LogP contribution in [-0.4, -0.2) is 72.7 Å². The standard InChI is InChI=1S/C19H33FN4O3/c1-5-14-11-23(8-9-24(14)19(25)26-4)17(21)13(3)18(22)27-16-7-6-12(2)10-15(16)20/h12-16,21-22H,5-11H2,1-4H3. The number of nitrogens with zero attached hydrogens (tertiary/aromatic N) is 2. The van der Waals surface area contributed by atoms with E-state index >= 15 is 0 Å². The second-order valence-corrected chi connectivity index (χ2v) is 7.73. The molecule has 1 aliphatic heterocycles. The molecule has 154 valence electrons. The number of piperazine rings is 1. The molecule has 0 aromatic rings. The van der Waals surface area contributed by atoms with E-state index < -0.39 is 18.2 Å². The fourth-order valence-corrected chi connectivity index (χ4v) is 3.86. The van der Waals surface area contributed by atoms with E-state index in [1.54, 1.807) is 11.8 Å². The minimum absolute atomic E-state index is 0.0380. The fourth-order valence-electron chi connectivity index (χ4n) is 3.86. The largest absolute Gasteiger partial charge is 0.474 e. The highest BCUT2D eigenvalue weighted by atomic mass is 19.1. The number of hydrogen-bond acceptors (Lipinski definition) is 5. The molecule has 0 radical (unpaired) electrons. The maximum Gasteiger partial charge on any atom is 0.409 e. The first kappa shape index (κ1) is 21.4. The van der Waals surface area contributed by atoms with Gasteiger partial charge in [0.2, 0.25) is 0 Å². The van der Waals surface area contributed by atoms with Crippen LogP contribution in [0.2, 0.25) is 0 Å². The molecule has 1 saturated heterocycles. The number of alkyl halides is 1. The molecule has 0 spiro atoms. The SMILES string of the molecule is CCC1CN(C(=N)C(C)C(=N)OC2CCC(C)CC2F)CCN1C(=O)OC. The number of rotatable bonds is 4. The van der Waals surface area contributed by atoms with Crippen LogP contribution in [0, 0.1) is 22.7 Å². The molecule has 2 fully saturated rings. The third-order valence-electron chi connectivity index (χ3n) is 5.76. The van der Waals surface area contributed by atoms with Gasteiger partial charge in [0, 0.05) is 19.6 Å². The molecular weight excluding hydrogens is 351 g/mol. The molecule has 2 N–H and O–H groups in total. The lowest BCUT2D eigenvalue weighted by molar-refractivity contribution is 0.0329. The molecule has 2 aliphatic rings. The molecule has 0 aromatic carbocycles. The fraction of sp³-hybridized carbons (Fsp3) is 0.842. The van der Waals surface area contributed by atoms with E-state index in [1.165, 1.54) is 7.11 Å². The van der Waals surface area contributed by atoms with Gasteiger partial charge in [-0.05, 0) is 38.5 Å². The molecule has 1 amide bonds. The van der Waals surface area contributed by atoms with Gasteiger partial charge in [0.15, 0.2) is 5.90 Å². The van der Waals surface area contributed by atoms with Crippen LogP contribution in [0.1, 0.15) is 46.5 Å². The van der Waals surface area contributed by atoms with Crippen LogP contribution in [0.15, 0.2) is 0 Å². The number of amides is 1. The van der Waals surface area contributed by atoms with Crippen molar-refractivity contribution in [2.75, 3.05) is 26.7 Å². The van der Waals surface area contributed by atoms with Gasteiger partial charge in [-0.25, -0.2) is 9.18 Å². The Labute approximate surface area is 161 Å². The molecule has 27 heavy (non-hydrogen) atoms. The van der Waals surface area contributed by atoms with Gasteiger partial charge in [0.25, 0.3) is 0 Å². The Morgan fingerprint density at radius 2 is 2.00 bits per heavy atom. The van der Waals surface area contributed by atoms with Crippen LogP contribution in [0.25, 0.3) is 0 Å². The van der Waals surface area contributed by atoms with E-state index in [1.807, 2.05) is 18.7 Å². The van der Waals surface area contributed by atoms with Crippen molar-refractivity contribution in [2.24, 2.45) is 11.8 Å². The summed E-state index contributed by atoms with van der Waals surface area (Å²) in [5.74, 6) is 0.0359. The second-order valence-electron chi connectivity index (χ2n) is 7.73. The summed E-state index contributed by atoms with van der Waals surface area (Å²) in [5, 5.41) is 16.7. The summed E-state index contributed by atoms with van der Waals surface area (Å²) < 4.78 is 24.6. The highest BCUT2D eigenvalue weighted by Gasteiger charge is 2.35. The highest BCUT2D eigenvalue weighted by Crippen LogP contribution is 2.29. The van der Waals surface area contributed by atoms with E-state index in [4.69, 9.17) is 20.3 Å². The molecule has 1 heterocycles. The lowest BCUT2D eigenvalue weighted by atomic mass is 9.87. The van der Waals surface area contributed by atoms with Crippen LogP contribution in [0.3, 0.4) is 0 Å². The summed E-state index contributed by atoms with van der Waals surface area (Å²) in [5.41, 5.74) is 0. The van der Waals surface area contributed by atoms with Gasteiger partial charge in [0.1, 0.15) is 18.1 Å². The van der Waals surface area contributed by atoms with Gasteiger partial charge < -0.3 is 19.3 Å². The smallest absolute Gasteiger partial charge is 0.409 e. The monoisotopic (exact) mass is 384 g/mol. The normalized spacial score (nSPS) is 29.8. The summed E-state index contributed by atoms with van der Waals surface area (Å²) >= 11 is 0. The number of carbonyl (C=O) groups excluding carboxylic acids is 1. The summed E-state index contributed by atoms with van der Waals surface area (Å²) in [4.78, 5) is 15.4. The van der Waals surface area contributed by atoms with Crippen molar-refractivity contribution in [1.82, 2.24) is 9.80 Å². The Balaban J connectivity index is 1.92. The van der Waals surface area contributed by atoms with E-state index in [0.717, 1.165) is 12.8 Å². The van der Waals surface area contributed by atoms with Crippen molar-refractivity contribution in [3.8, 4) is 0 Å². The topological polar surface area (TPSA) is 89.7 Å². The molecule has 1 aliphatic carbocycles. The van der Waals surface area contributed by atoms with Crippen LogP contribution in [0.4, 0.5) is 9.18 Å². The van der Waals surface area contributed by atoms with Gasteiger partial charge in [-0.3, -0.25) is 10.8 Å². The first-order valence-electron chi connectivity index (χ1n) is 9.85. The van der Waals surface area contributed by atoms with Crippen molar-refractivity contribution in [3.63, 3.8) is 0 Å². The summed E-state index contributed by atoms with van der Waals surface area (Å²) in [6, 6.07) is -0.0380. The Hall–Kier alpha value is -1.86. The minimum Gasteiger partial charge on any atom is -0.474 e. The zero-order valence-corrected chi connectivity index (χ0v) is 16.8. The van der Waals surface area contributed by atoms with E-state index in [9.17, 15) is 9.18 Å². The number of hydrogen-bond donors (Lipinski definition) is 2. The minimum atomic E-state index is -1.05. The quantitative estimate of drug-likeness (QED) is 0.575. The molecule has 2 rings (SSSR count). The van der Waals surface area contributed by atoms with Crippen LogP contribution in [0.5, 0.6) is 0 Å². The lowest BCUT2D eigenvalue weighted by Gasteiger charge is -2.42. The maximum absolute atomic E-state index is 14.2. The van der Waals surface area contributed by atoms with Crippen molar-refractivity contribution < 1.29 is 18.7 Å². The number of methoxy groups -OCH3 is 1. The van der Waals surface area contributed by atoms with Gasteiger partial charge >= 0.3 is 6.09 Å². The van der Waals surface area contributed by atoms with Gasteiger partial charge in [-0.1, -0.05) is 13.8 Å². The molecule has 8 heteroatoms. The Bertz CT molecular complexity index is 559. The Morgan fingerprint density at radius 1 is 1.30 bits per heavy atom. The molecule has 7 nitrogen and oxygen atoms in total. The number of amidine groups is 1. The molecule has 5 atom stereocenters. The zero-order chi connectivity index (χ0) is 20.1. The van der Waals surface area contributed by atoms with Crippen LogP contribution in [-0.2, 0) is 9.47 Å². The zero-order valence-electron chi connectivity index (χ0n) is 16.8. The van der Waals surface area contributed by atoms with E-state index in [2.05, 4.69) is 0 Å². The van der Waals surface area contributed by atoms with Crippen LogP contribution >= 0.6 is 0 Å². The van der Waals surface area contributed by atoms with Gasteiger partial charge in [0.05, 0.1) is 19.1 Å². The second kappa shape index (κ2) is 9.37. The number of nitrogens with one attached hydrogen (secondary N) is 2. The third kappa shape index (κ3) is 5.11. The summed E-state index contributed by atoms with van der Waals surface area (Å²) in [6.07, 6.45) is 0.755. The van der Waals surface area contributed by atoms with Crippen LogP contribution < -0.4 is 0 Å². The van der Waals surface area contributed by atoms with Crippen molar-refractivity contribution in [1.29, 1.82) is 10.8 Å². The van der Waals surface area contributed by atoms with Crippen molar-refractivity contribution in [3.05, 3.63) is 0 Å². The summed E-state index contributed by atoms with van der Waals surface area (Å²) in [6.45, 7) is 7.28. The maximum atomic E-state index is 14.2. The first-order chi connectivity index (χ1) is 12.8. The molecule has 5 unspecified atom stereocenters. The van der Waals surface area contributed by atoms with Crippen molar-refractivity contribution in [2.45, 2.75) is 64.8 Å².